The van der Waals surface area contributed by atoms with Gasteiger partial charge in [-0.05, 0) is 13.3 Å². The van der Waals surface area contributed by atoms with Crippen LogP contribution in [0.15, 0.2) is 4.52 Å². The summed E-state index contributed by atoms with van der Waals surface area (Å²) in [6, 6.07) is 2.19. The fourth-order valence-electron chi connectivity index (χ4n) is 1.92. The maximum absolute atomic E-state index is 8.78. The summed E-state index contributed by atoms with van der Waals surface area (Å²) in [7, 11) is 0. The molecule has 6 heteroatoms. The zero-order valence-corrected chi connectivity index (χ0v) is 12.3. The third-order valence-electron chi connectivity index (χ3n) is 2.89. The van der Waals surface area contributed by atoms with Crippen LogP contribution in [0.1, 0.15) is 37.2 Å². The van der Waals surface area contributed by atoms with Crippen molar-refractivity contribution in [3.05, 3.63) is 11.7 Å². The van der Waals surface area contributed by atoms with Crippen molar-refractivity contribution in [2.24, 2.45) is 5.92 Å². The Morgan fingerprint density at radius 1 is 1.50 bits per heavy atom. The van der Waals surface area contributed by atoms with Crippen molar-refractivity contribution in [3.8, 4) is 6.07 Å². The molecule has 0 aromatic carbocycles. The standard InChI is InChI=1S/C12H17N3OS2/c1-3-9-11(18-5-4-17-9)12-14-10(16-15-12)6-8(2)7-13/h8-9,11H,3-6H2,1-2H3. The van der Waals surface area contributed by atoms with Crippen molar-refractivity contribution in [1.29, 1.82) is 5.26 Å². The van der Waals surface area contributed by atoms with Gasteiger partial charge in [0.2, 0.25) is 5.89 Å². The van der Waals surface area contributed by atoms with Crippen molar-refractivity contribution in [2.75, 3.05) is 11.5 Å². The lowest BCUT2D eigenvalue weighted by Gasteiger charge is -2.27. The van der Waals surface area contributed by atoms with Gasteiger partial charge in [-0.15, -0.1) is 11.8 Å². The van der Waals surface area contributed by atoms with Crippen molar-refractivity contribution < 1.29 is 4.52 Å². The molecule has 3 unspecified atom stereocenters. The molecular weight excluding hydrogens is 266 g/mol. The molecule has 1 saturated heterocycles. The van der Waals surface area contributed by atoms with E-state index >= 15 is 0 Å². The Balaban J connectivity index is 2.06. The van der Waals surface area contributed by atoms with Crippen LogP contribution in [0.2, 0.25) is 0 Å². The SMILES string of the molecule is CCC1SCCSC1c1noc(CC(C)C#N)n1. The van der Waals surface area contributed by atoms with Crippen LogP contribution < -0.4 is 0 Å². The van der Waals surface area contributed by atoms with Crippen molar-refractivity contribution in [1.82, 2.24) is 10.1 Å². The molecule has 0 spiro atoms. The van der Waals surface area contributed by atoms with Crippen molar-refractivity contribution in [2.45, 2.75) is 37.2 Å². The first-order chi connectivity index (χ1) is 8.74. The van der Waals surface area contributed by atoms with E-state index in [4.69, 9.17) is 9.78 Å². The van der Waals surface area contributed by atoms with Gasteiger partial charge in [0, 0.05) is 23.2 Å². The molecule has 1 fully saturated rings. The Kier molecular flexibility index (Phi) is 4.95. The van der Waals surface area contributed by atoms with E-state index in [9.17, 15) is 0 Å². The van der Waals surface area contributed by atoms with E-state index in [1.807, 2.05) is 30.4 Å². The second-order valence-corrected chi connectivity index (χ2v) is 6.99. The average Bonchev–Trinajstić information content (AvgIpc) is 2.86. The molecule has 2 heterocycles. The maximum Gasteiger partial charge on any atom is 0.227 e. The lowest BCUT2D eigenvalue weighted by molar-refractivity contribution is 0.364. The highest BCUT2D eigenvalue weighted by Crippen LogP contribution is 2.42. The monoisotopic (exact) mass is 283 g/mol. The number of nitrogens with zero attached hydrogens (tertiary/aromatic N) is 3. The zero-order valence-electron chi connectivity index (χ0n) is 10.6. The molecule has 0 bridgehead atoms. The van der Waals surface area contributed by atoms with Crippen LogP contribution in [0.25, 0.3) is 0 Å². The summed E-state index contributed by atoms with van der Waals surface area (Å²) in [5, 5.41) is 13.8. The minimum absolute atomic E-state index is 0.0753. The van der Waals surface area contributed by atoms with Crippen LogP contribution in [0.3, 0.4) is 0 Å². The minimum Gasteiger partial charge on any atom is -0.339 e. The lowest BCUT2D eigenvalue weighted by Crippen LogP contribution is -2.19. The summed E-state index contributed by atoms with van der Waals surface area (Å²) in [6.07, 6.45) is 1.67. The highest BCUT2D eigenvalue weighted by atomic mass is 32.2. The summed E-state index contributed by atoms with van der Waals surface area (Å²) in [6.45, 7) is 4.07. The van der Waals surface area contributed by atoms with E-state index in [-0.39, 0.29) is 5.92 Å². The minimum atomic E-state index is -0.0753. The smallest absolute Gasteiger partial charge is 0.227 e. The number of aromatic nitrogens is 2. The molecule has 0 N–H and O–H groups in total. The fraction of sp³-hybridized carbons (Fsp3) is 0.750. The van der Waals surface area contributed by atoms with E-state index in [1.54, 1.807) is 0 Å². The largest absolute Gasteiger partial charge is 0.339 e. The molecule has 1 aromatic heterocycles. The Morgan fingerprint density at radius 2 is 2.28 bits per heavy atom. The maximum atomic E-state index is 8.78. The molecule has 0 radical (unpaired) electrons. The first-order valence-electron chi connectivity index (χ1n) is 6.20. The van der Waals surface area contributed by atoms with Crippen LogP contribution in [0, 0.1) is 17.2 Å². The first kappa shape index (κ1) is 13.8. The number of hydrogen-bond donors (Lipinski definition) is 0. The molecule has 98 valence electrons. The Bertz CT molecular complexity index is 429. The molecule has 1 aliphatic rings. The topological polar surface area (TPSA) is 62.7 Å². The van der Waals surface area contributed by atoms with Gasteiger partial charge >= 0.3 is 0 Å². The normalized spacial score (nSPS) is 25.6. The molecule has 2 rings (SSSR count). The predicted molar refractivity (Wildman–Crippen MR) is 74.5 cm³/mol. The van der Waals surface area contributed by atoms with Gasteiger partial charge in [0.25, 0.3) is 0 Å². The zero-order chi connectivity index (χ0) is 13.0. The van der Waals surface area contributed by atoms with Crippen LogP contribution >= 0.6 is 23.5 Å². The van der Waals surface area contributed by atoms with E-state index < -0.39 is 0 Å². The summed E-state index contributed by atoms with van der Waals surface area (Å²) < 4.78 is 5.25. The molecule has 0 aliphatic carbocycles. The van der Waals surface area contributed by atoms with Crippen molar-refractivity contribution >= 4 is 23.5 Å². The van der Waals surface area contributed by atoms with Gasteiger partial charge in [-0.1, -0.05) is 12.1 Å². The van der Waals surface area contributed by atoms with Gasteiger partial charge in [-0.2, -0.15) is 22.0 Å². The number of rotatable bonds is 4. The Morgan fingerprint density at radius 3 is 3.00 bits per heavy atom. The molecule has 0 saturated carbocycles. The average molecular weight is 283 g/mol. The second kappa shape index (κ2) is 6.48. The molecule has 1 aliphatic heterocycles. The lowest BCUT2D eigenvalue weighted by atomic mass is 10.1. The molecule has 4 nitrogen and oxygen atoms in total. The summed E-state index contributed by atoms with van der Waals surface area (Å²) >= 11 is 3.92. The molecule has 3 atom stereocenters. The van der Waals surface area contributed by atoms with Crippen LogP contribution in [-0.4, -0.2) is 26.9 Å². The van der Waals surface area contributed by atoms with E-state index in [0.29, 0.717) is 22.8 Å². The van der Waals surface area contributed by atoms with Gasteiger partial charge in [-0.3, -0.25) is 0 Å². The molecule has 0 amide bonds. The third kappa shape index (κ3) is 3.21. The summed E-state index contributed by atoms with van der Waals surface area (Å²) in [5.41, 5.74) is 0. The van der Waals surface area contributed by atoms with Gasteiger partial charge in [0.1, 0.15) is 0 Å². The quantitative estimate of drug-likeness (QED) is 0.846. The summed E-state index contributed by atoms with van der Waals surface area (Å²) in [5.74, 6) is 3.66. The van der Waals surface area contributed by atoms with Crippen molar-refractivity contribution in [3.63, 3.8) is 0 Å². The molecule has 1 aromatic rings. The van der Waals surface area contributed by atoms with E-state index in [0.717, 1.165) is 18.0 Å². The molecular formula is C12H17N3OS2. The number of hydrogen-bond acceptors (Lipinski definition) is 6. The fourth-order valence-corrected chi connectivity index (χ4v) is 4.90. The summed E-state index contributed by atoms with van der Waals surface area (Å²) in [4.78, 5) is 4.46. The number of nitriles is 1. The van der Waals surface area contributed by atoms with Crippen LogP contribution in [0.4, 0.5) is 0 Å². The van der Waals surface area contributed by atoms with E-state index in [1.165, 1.54) is 5.75 Å². The second-order valence-electron chi connectivity index (χ2n) is 4.39. The highest BCUT2D eigenvalue weighted by molar-refractivity contribution is 8.06. The predicted octanol–water partition coefficient (Wildman–Crippen LogP) is 3.07. The van der Waals surface area contributed by atoms with E-state index in [2.05, 4.69) is 23.1 Å². The van der Waals surface area contributed by atoms with Gasteiger partial charge in [0.15, 0.2) is 5.82 Å². The highest BCUT2D eigenvalue weighted by Gasteiger charge is 2.30. The van der Waals surface area contributed by atoms with Gasteiger partial charge in [0.05, 0.1) is 17.2 Å². The first-order valence-corrected chi connectivity index (χ1v) is 8.29. The number of thioether (sulfide) groups is 2. The Labute approximate surface area is 116 Å². The Hall–Kier alpha value is -0.670. The third-order valence-corrected chi connectivity index (χ3v) is 6.13. The van der Waals surface area contributed by atoms with Gasteiger partial charge < -0.3 is 4.52 Å². The van der Waals surface area contributed by atoms with Crippen LogP contribution in [-0.2, 0) is 6.42 Å². The van der Waals surface area contributed by atoms with Gasteiger partial charge in [-0.25, -0.2) is 0 Å². The van der Waals surface area contributed by atoms with Crippen LogP contribution in [0.5, 0.6) is 0 Å². The molecule has 18 heavy (non-hydrogen) atoms.